The molecule has 3 aromatic heterocycles. The molecule has 9 nitrogen and oxygen atoms in total. The summed E-state index contributed by atoms with van der Waals surface area (Å²) in [7, 11) is -0.740. The van der Waals surface area contributed by atoms with Crippen molar-refractivity contribution in [2.75, 3.05) is 24.7 Å². The molecular weight excluding hydrogens is 628 g/mol. The molecular formula is C34H33FN4O5S2. The number of ketones is 1. The molecule has 1 unspecified atom stereocenters. The minimum atomic E-state index is -3.70. The number of aryl methyl sites for hydroxylation is 2. The molecule has 3 heterocycles. The fraction of sp³-hybridized carbons (Fsp3) is 0.294. The second-order valence-electron chi connectivity index (χ2n) is 11.6. The number of nitrogens with one attached hydrogen (secondary N) is 1. The molecule has 238 valence electrons. The van der Waals surface area contributed by atoms with Crippen molar-refractivity contribution in [2.45, 2.75) is 39.0 Å². The van der Waals surface area contributed by atoms with Crippen molar-refractivity contribution in [3.8, 4) is 33.0 Å². The molecule has 1 N–H and O–H groups in total. The first kappa shape index (κ1) is 31.6. The highest BCUT2D eigenvalue weighted by Crippen LogP contribution is 2.42. The van der Waals surface area contributed by atoms with Crippen LogP contribution in [-0.2, 0) is 27.7 Å². The first-order valence-corrected chi connectivity index (χ1v) is 17.6. The second-order valence-corrected chi connectivity index (χ2v) is 14.7. The number of carbonyl (C=O) groups is 2. The summed E-state index contributed by atoms with van der Waals surface area (Å²) in [5.74, 6) is -0.314. The number of Topliss-reactive ketones (excluding diaryl/α,β-unsaturated/α-hetero) is 1. The zero-order valence-electron chi connectivity index (χ0n) is 25.9. The van der Waals surface area contributed by atoms with Gasteiger partial charge in [-0.15, -0.1) is 11.3 Å². The number of halogens is 1. The molecule has 1 amide bonds. The number of hydrogen-bond acceptors (Lipinski definition) is 8. The van der Waals surface area contributed by atoms with Gasteiger partial charge in [-0.2, -0.15) is 0 Å². The Kier molecular flexibility index (Phi) is 8.51. The molecule has 46 heavy (non-hydrogen) atoms. The molecule has 6 rings (SSSR count). The summed E-state index contributed by atoms with van der Waals surface area (Å²) in [6.45, 7) is 1.66. The molecule has 0 spiro atoms. The number of anilines is 1. The van der Waals surface area contributed by atoms with E-state index < -0.39 is 21.7 Å². The number of aromatic nitrogens is 2. The van der Waals surface area contributed by atoms with Crippen molar-refractivity contribution < 1.29 is 26.8 Å². The third-order valence-electron chi connectivity index (χ3n) is 8.54. The third-order valence-corrected chi connectivity index (χ3v) is 10.9. The summed E-state index contributed by atoms with van der Waals surface area (Å²) in [4.78, 5) is 36.0. The Morgan fingerprint density at radius 3 is 2.48 bits per heavy atom. The highest BCUT2D eigenvalue weighted by Gasteiger charge is 2.27. The lowest BCUT2D eigenvalue weighted by Gasteiger charge is -2.20. The second kappa shape index (κ2) is 12.4. The van der Waals surface area contributed by atoms with E-state index in [1.807, 2.05) is 6.07 Å². The van der Waals surface area contributed by atoms with Gasteiger partial charge in [-0.3, -0.25) is 18.9 Å². The van der Waals surface area contributed by atoms with Gasteiger partial charge in [0, 0.05) is 71.0 Å². The van der Waals surface area contributed by atoms with Gasteiger partial charge in [-0.25, -0.2) is 17.8 Å². The van der Waals surface area contributed by atoms with Crippen molar-refractivity contribution in [1.29, 1.82) is 0 Å². The van der Waals surface area contributed by atoms with Crippen molar-refractivity contribution in [2.24, 2.45) is 5.92 Å². The summed E-state index contributed by atoms with van der Waals surface area (Å²) >= 11 is 1.62. The van der Waals surface area contributed by atoms with Crippen LogP contribution >= 0.6 is 11.3 Å². The maximum Gasteiger partial charge on any atom is 0.255 e. The lowest BCUT2D eigenvalue weighted by atomic mass is 9.89. The van der Waals surface area contributed by atoms with Gasteiger partial charge in [0.05, 0.1) is 23.2 Å². The number of pyridine rings is 1. The normalized spacial score (nSPS) is 15.2. The number of thiazole rings is 1. The fourth-order valence-corrected chi connectivity index (χ4v) is 7.57. The number of hydrogen-bond donors (Lipinski definition) is 1. The Morgan fingerprint density at radius 2 is 1.78 bits per heavy atom. The standard InChI is InChI=1S/C34H33FN4O5S2/c1-19(40)20-6-5-7-30-27(13-10-20)38-34(45-30)23-14-22(17-37-18-23)25-15-26-29(16-28(25)39(3)46(4,42)43)44-32(31(26)33(41)36-2)21-8-11-24(35)12-9-21/h8-9,11-12,14-18,20H,5-7,10,13H2,1-4H3,(H,36,41). The van der Waals surface area contributed by atoms with Crippen LogP contribution < -0.4 is 9.62 Å². The number of carbonyl (C=O) groups excluding carboxylic acids is 2. The average molecular weight is 661 g/mol. The van der Waals surface area contributed by atoms with Gasteiger partial charge in [0.1, 0.15) is 28.0 Å². The zero-order chi connectivity index (χ0) is 32.7. The number of furan rings is 1. The largest absolute Gasteiger partial charge is 0.455 e. The molecule has 1 aliphatic carbocycles. The van der Waals surface area contributed by atoms with E-state index in [1.54, 1.807) is 42.8 Å². The number of rotatable bonds is 7. The Morgan fingerprint density at radius 1 is 1.04 bits per heavy atom. The Labute approximate surface area is 270 Å². The monoisotopic (exact) mass is 660 g/mol. The Balaban J connectivity index is 1.50. The van der Waals surface area contributed by atoms with Crippen LogP contribution in [0.1, 0.15) is 47.1 Å². The number of benzene rings is 2. The molecule has 0 radical (unpaired) electrons. The van der Waals surface area contributed by atoms with Crippen molar-refractivity contribution in [3.05, 3.63) is 76.8 Å². The van der Waals surface area contributed by atoms with E-state index in [1.165, 1.54) is 43.2 Å². The molecule has 0 aliphatic heterocycles. The maximum absolute atomic E-state index is 13.7. The van der Waals surface area contributed by atoms with Gasteiger partial charge in [-0.05, 0) is 75.4 Å². The van der Waals surface area contributed by atoms with Crippen LogP contribution in [0, 0.1) is 11.7 Å². The van der Waals surface area contributed by atoms with Gasteiger partial charge in [0.25, 0.3) is 5.91 Å². The Hall–Kier alpha value is -4.42. The number of sulfonamides is 1. The lowest BCUT2D eigenvalue weighted by molar-refractivity contribution is -0.121. The average Bonchev–Trinajstić information content (AvgIpc) is 3.60. The molecule has 1 atom stereocenters. The number of fused-ring (bicyclic) bond motifs is 2. The van der Waals surface area contributed by atoms with Gasteiger partial charge >= 0.3 is 0 Å². The predicted octanol–water partition coefficient (Wildman–Crippen LogP) is 6.65. The summed E-state index contributed by atoms with van der Waals surface area (Å²) in [5, 5.41) is 3.92. The van der Waals surface area contributed by atoms with E-state index in [2.05, 4.69) is 10.3 Å². The van der Waals surface area contributed by atoms with Crippen LogP contribution in [0.3, 0.4) is 0 Å². The fourth-order valence-electron chi connectivity index (χ4n) is 5.93. The van der Waals surface area contributed by atoms with Gasteiger partial charge in [0.2, 0.25) is 10.0 Å². The van der Waals surface area contributed by atoms with Crippen LogP contribution in [0.15, 0.2) is 59.3 Å². The van der Waals surface area contributed by atoms with E-state index in [0.717, 1.165) is 58.9 Å². The predicted molar refractivity (Wildman–Crippen MR) is 178 cm³/mol. The summed E-state index contributed by atoms with van der Waals surface area (Å²) in [5.41, 5.74) is 4.29. The minimum absolute atomic E-state index is 0.0645. The zero-order valence-corrected chi connectivity index (χ0v) is 27.5. The maximum atomic E-state index is 13.7. The Bertz CT molecular complexity index is 2090. The van der Waals surface area contributed by atoms with Crippen LogP contribution in [-0.4, -0.2) is 50.4 Å². The van der Waals surface area contributed by atoms with E-state index in [4.69, 9.17) is 9.40 Å². The van der Waals surface area contributed by atoms with Crippen molar-refractivity contribution in [1.82, 2.24) is 15.3 Å². The molecule has 1 aliphatic rings. The quantitative estimate of drug-likeness (QED) is 0.207. The molecule has 0 saturated carbocycles. The third kappa shape index (κ3) is 6.06. The smallest absolute Gasteiger partial charge is 0.255 e. The van der Waals surface area contributed by atoms with E-state index in [0.29, 0.717) is 33.3 Å². The highest BCUT2D eigenvalue weighted by atomic mass is 32.2. The first-order valence-electron chi connectivity index (χ1n) is 14.9. The molecule has 12 heteroatoms. The molecule has 0 bridgehead atoms. The SMILES string of the molecule is CNC(=O)c1c(-c2ccc(F)cc2)oc2cc(N(C)S(C)(=O)=O)c(-c3cncc(-c4nc5c(s4)CCCC(C(C)=O)CC5)c3)cc12. The van der Waals surface area contributed by atoms with Crippen LogP contribution in [0.5, 0.6) is 0 Å². The number of amides is 1. The highest BCUT2D eigenvalue weighted by molar-refractivity contribution is 7.92. The topological polar surface area (TPSA) is 122 Å². The summed E-state index contributed by atoms with van der Waals surface area (Å²) in [6, 6.07) is 10.9. The van der Waals surface area contributed by atoms with Crippen LogP contribution in [0.2, 0.25) is 0 Å². The van der Waals surface area contributed by atoms with Crippen molar-refractivity contribution in [3.63, 3.8) is 0 Å². The van der Waals surface area contributed by atoms with E-state index in [9.17, 15) is 22.4 Å². The van der Waals surface area contributed by atoms with Crippen LogP contribution in [0.25, 0.3) is 44.0 Å². The minimum Gasteiger partial charge on any atom is -0.455 e. The van der Waals surface area contributed by atoms with Gasteiger partial charge in [-0.1, -0.05) is 0 Å². The van der Waals surface area contributed by atoms with Gasteiger partial charge < -0.3 is 9.73 Å². The number of nitrogens with zero attached hydrogens (tertiary/aromatic N) is 3. The summed E-state index contributed by atoms with van der Waals surface area (Å²) < 4.78 is 46.7. The molecule has 2 aromatic carbocycles. The van der Waals surface area contributed by atoms with Crippen LogP contribution in [0.4, 0.5) is 10.1 Å². The van der Waals surface area contributed by atoms with E-state index >= 15 is 0 Å². The van der Waals surface area contributed by atoms with E-state index in [-0.39, 0.29) is 23.0 Å². The lowest BCUT2D eigenvalue weighted by Crippen LogP contribution is -2.25. The molecule has 0 saturated heterocycles. The first-order chi connectivity index (χ1) is 21.9. The van der Waals surface area contributed by atoms with Crippen molar-refractivity contribution >= 4 is 49.7 Å². The van der Waals surface area contributed by atoms with Gasteiger partial charge in [0.15, 0.2) is 0 Å². The summed E-state index contributed by atoms with van der Waals surface area (Å²) in [6.07, 6.45) is 8.68. The molecule has 0 fully saturated rings. The molecule has 5 aromatic rings.